The fourth-order valence-electron chi connectivity index (χ4n) is 2.75. The Kier molecular flexibility index (Phi) is 4.29. The monoisotopic (exact) mass is 306 g/mol. The van der Waals surface area contributed by atoms with Crippen LogP contribution in [0.5, 0.6) is 5.75 Å². The summed E-state index contributed by atoms with van der Waals surface area (Å²) in [5.41, 5.74) is 4.57. The minimum Gasteiger partial charge on any atom is -0.490 e. The summed E-state index contributed by atoms with van der Waals surface area (Å²) in [5, 5.41) is 11.2. The van der Waals surface area contributed by atoms with Crippen LogP contribution in [0.4, 0.5) is 0 Å². The lowest BCUT2D eigenvalue weighted by atomic mass is 10.00. The van der Waals surface area contributed by atoms with Crippen molar-refractivity contribution in [2.24, 2.45) is 0 Å². The molecule has 1 atom stereocenters. The molecule has 0 saturated heterocycles. The molecule has 2 aromatic carbocycles. The lowest BCUT2D eigenvalue weighted by Gasteiger charge is -2.07. The van der Waals surface area contributed by atoms with Crippen LogP contribution >= 0.6 is 0 Å². The molecule has 1 aliphatic rings. The van der Waals surface area contributed by atoms with Gasteiger partial charge in [0.25, 0.3) is 0 Å². The second-order valence-corrected chi connectivity index (χ2v) is 5.76. The fraction of sp³-hybridized carbons (Fsp3) is 0.263. The van der Waals surface area contributed by atoms with Gasteiger partial charge in [-0.05, 0) is 41.3 Å². The van der Waals surface area contributed by atoms with Crippen LogP contribution in [-0.4, -0.2) is 12.0 Å². The SMILES string of the molecule is C[C@@H]1Cc2cc(-c3ccc(CNC(=O)CC#N)cc3)ccc2O1. The summed E-state index contributed by atoms with van der Waals surface area (Å²) in [4.78, 5) is 11.3. The molecule has 0 spiro atoms. The first-order valence-corrected chi connectivity index (χ1v) is 7.68. The van der Waals surface area contributed by atoms with Gasteiger partial charge in [0.05, 0.1) is 6.07 Å². The molecule has 1 heterocycles. The Hall–Kier alpha value is -2.80. The van der Waals surface area contributed by atoms with Gasteiger partial charge >= 0.3 is 0 Å². The van der Waals surface area contributed by atoms with Gasteiger partial charge in [-0.25, -0.2) is 0 Å². The Morgan fingerprint density at radius 1 is 1.26 bits per heavy atom. The molecule has 0 unspecified atom stereocenters. The van der Waals surface area contributed by atoms with E-state index in [4.69, 9.17) is 10.00 Å². The van der Waals surface area contributed by atoms with Crippen molar-refractivity contribution in [1.29, 1.82) is 5.26 Å². The Balaban J connectivity index is 1.69. The number of nitrogens with zero attached hydrogens (tertiary/aromatic N) is 1. The summed E-state index contributed by atoms with van der Waals surface area (Å²) in [7, 11) is 0. The average molecular weight is 306 g/mol. The number of nitriles is 1. The maximum atomic E-state index is 11.3. The molecule has 4 nitrogen and oxygen atoms in total. The number of benzene rings is 2. The normalized spacial score (nSPS) is 15.4. The van der Waals surface area contributed by atoms with Gasteiger partial charge in [-0.15, -0.1) is 0 Å². The molecule has 1 amide bonds. The zero-order valence-corrected chi connectivity index (χ0v) is 13.0. The van der Waals surface area contributed by atoms with E-state index in [2.05, 4.69) is 24.4 Å². The standard InChI is InChI=1S/C19H18N2O2/c1-13-10-17-11-16(6-7-18(17)23-13)15-4-2-14(3-5-15)12-21-19(22)8-9-20/h2-7,11,13H,8,10,12H2,1H3,(H,21,22)/t13-/m1/s1. The molecule has 0 aromatic heterocycles. The van der Waals surface area contributed by atoms with Crippen molar-refractivity contribution in [3.8, 4) is 22.9 Å². The molecule has 2 aromatic rings. The van der Waals surface area contributed by atoms with E-state index in [1.165, 1.54) is 11.1 Å². The van der Waals surface area contributed by atoms with E-state index in [9.17, 15) is 4.79 Å². The second-order valence-electron chi connectivity index (χ2n) is 5.76. The molecule has 23 heavy (non-hydrogen) atoms. The summed E-state index contributed by atoms with van der Waals surface area (Å²) in [5.74, 6) is 0.738. The van der Waals surface area contributed by atoms with E-state index in [1.807, 2.05) is 36.4 Å². The number of hydrogen-bond acceptors (Lipinski definition) is 3. The van der Waals surface area contributed by atoms with Crippen LogP contribution in [0.25, 0.3) is 11.1 Å². The van der Waals surface area contributed by atoms with Crippen molar-refractivity contribution in [1.82, 2.24) is 5.32 Å². The first kappa shape index (κ1) is 15.1. The van der Waals surface area contributed by atoms with Crippen LogP contribution in [0.2, 0.25) is 0 Å². The van der Waals surface area contributed by atoms with Gasteiger partial charge in [0.2, 0.25) is 5.91 Å². The third kappa shape index (κ3) is 3.51. The molecule has 3 rings (SSSR count). The topological polar surface area (TPSA) is 62.1 Å². The van der Waals surface area contributed by atoms with Crippen LogP contribution in [0.1, 0.15) is 24.5 Å². The number of amides is 1. The maximum Gasteiger partial charge on any atom is 0.234 e. The number of fused-ring (bicyclic) bond motifs is 1. The average Bonchev–Trinajstić information content (AvgIpc) is 2.93. The predicted octanol–water partition coefficient (Wildman–Crippen LogP) is 3.21. The van der Waals surface area contributed by atoms with Crippen molar-refractivity contribution in [3.63, 3.8) is 0 Å². The van der Waals surface area contributed by atoms with Crippen molar-refractivity contribution in [2.75, 3.05) is 0 Å². The van der Waals surface area contributed by atoms with Gasteiger partial charge in [-0.1, -0.05) is 30.3 Å². The first-order chi connectivity index (χ1) is 11.2. The highest BCUT2D eigenvalue weighted by Gasteiger charge is 2.19. The number of nitrogens with one attached hydrogen (secondary N) is 1. The number of hydrogen-bond donors (Lipinski definition) is 1. The summed E-state index contributed by atoms with van der Waals surface area (Å²) >= 11 is 0. The molecule has 1 aliphatic heterocycles. The van der Waals surface area contributed by atoms with E-state index in [0.29, 0.717) is 6.54 Å². The highest BCUT2D eigenvalue weighted by atomic mass is 16.5. The number of carbonyl (C=O) groups is 1. The maximum absolute atomic E-state index is 11.3. The third-order valence-electron chi connectivity index (χ3n) is 3.91. The Bertz CT molecular complexity index is 760. The van der Waals surface area contributed by atoms with E-state index in [0.717, 1.165) is 23.3 Å². The molecular weight excluding hydrogens is 288 g/mol. The summed E-state index contributed by atoms with van der Waals surface area (Å²) in [6, 6.07) is 16.2. The van der Waals surface area contributed by atoms with Gasteiger partial charge in [-0.2, -0.15) is 5.26 Å². The van der Waals surface area contributed by atoms with E-state index in [-0.39, 0.29) is 18.4 Å². The molecule has 116 valence electrons. The van der Waals surface area contributed by atoms with Gasteiger partial charge < -0.3 is 10.1 Å². The Morgan fingerprint density at radius 2 is 2.00 bits per heavy atom. The highest BCUT2D eigenvalue weighted by Crippen LogP contribution is 2.32. The lowest BCUT2D eigenvalue weighted by Crippen LogP contribution is -2.21. The molecule has 4 heteroatoms. The minimum atomic E-state index is -0.246. The van der Waals surface area contributed by atoms with Crippen molar-refractivity contribution in [2.45, 2.75) is 32.4 Å². The van der Waals surface area contributed by atoms with Gasteiger partial charge in [-0.3, -0.25) is 4.79 Å². The molecule has 0 saturated carbocycles. The Labute approximate surface area is 135 Å². The quantitative estimate of drug-likeness (QED) is 0.943. The lowest BCUT2D eigenvalue weighted by molar-refractivity contribution is -0.120. The number of rotatable bonds is 4. The van der Waals surface area contributed by atoms with E-state index in [1.54, 1.807) is 0 Å². The van der Waals surface area contributed by atoms with Crippen LogP contribution in [0.3, 0.4) is 0 Å². The third-order valence-corrected chi connectivity index (χ3v) is 3.91. The predicted molar refractivity (Wildman–Crippen MR) is 87.7 cm³/mol. The smallest absolute Gasteiger partial charge is 0.234 e. The molecule has 0 fully saturated rings. The molecule has 1 N–H and O–H groups in total. The van der Waals surface area contributed by atoms with Crippen LogP contribution < -0.4 is 10.1 Å². The molecule has 0 radical (unpaired) electrons. The molecular formula is C19H18N2O2. The van der Waals surface area contributed by atoms with E-state index >= 15 is 0 Å². The van der Waals surface area contributed by atoms with Crippen LogP contribution in [-0.2, 0) is 17.8 Å². The zero-order valence-electron chi connectivity index (χ0n) is 13.0. The van der Waals surface area contributed by atoms with Crippen LogP contribution in [0.15, 0.2) is 42.5 Å². The van der Waals surface area contributed by atoms with Crippen molar-refractivity contribution >= 4 is 5.91 Å². The van der Waals surface area contributed by atoms with Crippen molar-refractivity contribution < 1.29 is 9.53 Å². The van der Waals surface area contributed by atoms with E-state index < -0.39 is 0 Å². The second kappa shape index (κ2) is 6.53. The molecule has 0 bridgehead atoms. The van der Waals surface area contributed by atoms with Gasteiger partial charge in [0, 0.05) is 13.0 Å². The fourth-order valence-corrected chi connectivity index (χ4v) is 2.75. The minimum absolute atomic E-state index is 0.103. The summed E-state index contributed by atoms with van der Waals surface area (Å²) < 4.78 is 5.73. The summed E-state index contributed by atoms with van der Waals surface area (Å²) in [6.45, 7) is 2.52. The Morgan fingerprint density at radius 3 is 2.74 bits per heavy atom. The summed E-state index contributed by atoms with van der Waals surface area (Å²) in [6.07, 6.45) is 1.10. The largest absolute Gasteiger partial charge is 0.490 e. The molecule has 0 aliphatic carbocycles. The van der Waals surface area contributed by atoms with Gasteiger partial charge in [0.1, 0.15) is 18.3 Å². The van der Waals surface area contributed by atoms with Gasteiger partial charge in [0.15, 0.2) is 0 Å². The van der Waals surface area contributed by atoms with Crippen molar-refractivity contribution in [3.05, 3.63) is 53.6 Å². The van der Waals surface area contributed by atoms with Crippen LogP contribution in [0, 0.1) is 11.3 Å². The highest BCUT2D eigenvalue weighted by molar-refractivity contribution is 5.78. The zero-order chi connectivity index (χ0) is 16.2. The number of carbonyl (C=O) groups excluding carboxylic acids is 1. The first-order valence-electron chi connectivity index (χ1n) is 7.68. The number of ether oxygens (including phenoxy) is 1.